The molecule has 2 aliphatic rings. The van der Waals surface area contributed by atoms with Gasteiger partial charge in [0.15, 0.2) is 0 Å². The van der Waals surface area contributed by atoms with E-state index in [2.05, 4.69) is 24.1 Å². The number of hydrogen-bond acceptors (Lipinski definition) is 2. The smallest absolute Gasteiger partial charge is 0.0124 e. The largest absolute Gasteiger partial charge is 0.313 e. The van der Waals surface area contributed by atoms with Gasteiger partial charge in [-0.05, 0) is 51.5 Å². The summed E-state index contributed by atoms with van der Waals surface area (Å²) < 4.78 is 0. The maximum absolute atomic E-state index is 3.63. The predicted octanol–water partition coefficient (Wildman–Crippen LogP) is 3.03. The number of nitrogens with one attached hydrogen (secondary N) is 1. The van der Waals surface area contributed by atoms with Crippen molar-refractivity contribution < 1.29 is 0 Å². The molecule has 1 aliphatic carbocycles. The second-order valence-electron chi connectivity index (χ2n) is 6.05. The molecule has 2 rings (SSSR count). The zero-order chi connectivity index (χ0) is 12.1. The van der Waals surface area contributed by atoms with Gasteiger partial charge in [0, 0.05) is 25.2 Å². The van der Waals surface area contributed by atoms with Crippen molar-refractivity contribution in [3.63, 3.8) is 0 Å². The predicted molar refractivity (Wildman–Crippen MR) is 74.3 cm³/mol. The summed E-state index contributed by atoms with van der Waals surface area (Å²) in [5.41, 5.74) is 0. The second kappa shape index (κ2) is 6.75. The molecule has 2 heteroatoms. The lowest BCUT2D eigenvalue weighted by Gasteiger charge is -2.44. The van der Waals surface area contributed by atoms with Crippen LogP contribution in [0.3, 0.4) is 0 Å². The Hall–Kier alpha value is -0.0800. The number of likely N-dealkylation sites (tertiary alicyclic amines) is 1. The van der Waals surface area contributed by atoms with Crippen molar-refractivity contribution in [2.45, 2.75) is 70.9 Å². The summed E-state index contributed by atoms with van der Waals surface area (Å²) in [6.07, 6.45) is 10.1. The zero-order valence-corrected chi connectivity index (χ0v) is 11.8. The highest BCUT2D eigenvalue weighted by atomic mass is 15.2. The number of rotatable bonds is 5. The van der Waals surface area contributed by atoms with E-state index in [4.69, 9.17) is 0 Å². The van der Waals surface area contributed by atoms with Gasteiger partial charge in [-0.1, -0.05) is 19.8 Å². The molecule has 1 heterocycles. The Bertz CT molecular complexity index is 215. The van der Waals surface area contributed by atoms with Gasteiger partial charge < -0.3 is 5.32 Å². The van der Waals surface area contributed by atoms with Crippen LogP contribution in [0.25, 0.3) is 0 Å². The standard InChI is InChI=1S/C15H30N2/c1-3-13(2)16-10-12-17-11-6-8-14-7-4-5-9-15(14)17/h13-16H,3-12H2,1-2H3. The van der Waals surface area contributed by atoms with Crippen LogP contribution >= 0.6 is 0 Å². The van der Waals surface area contributed by atoms with Crippen molar-refractivity contribution in [1.82, 2.24) is 10.2 Å². The average molecular weight is 238 g/mol. The van der Waals surface area contributed by atoms with Crippen LogP contribution in [0.2, 0.25) is 0 Å². The number of nitrogens with zero attached hydrogens (tertiary/aromatic N) is 1. The average Bonchev–Trinajstić information content (AvgIpc) is 2.39. The van der Waals surface area contributed by atoms with Gasteiger partial charge in [-0.2, -0.15) is 0 Å². The molecule has 1 aliphatic heterocycles. The fraction of sp³-hybridized carbons (Fsp3) is 1.00. The van der Waals surface area contributed by atoms with Crippen LogP contribution in [0.4, 0.5) is 0 Å². The second-order valence-corrected chi connectivity index (χ2v) is 6.05. The van der Waals surface area contributed by atoms with Crippen LogP contribution in [0.15, 0.2) is 0 Å². The highest BCUT2D eigenvalue weighted by Gasteiger charge is 2.32. The molecule has 2 nitrogen and oxygen atoms in total. The van der Waals surface area contributed by atoms with Crippen LogP contribution in [0.5, 0.6) is 0 Å². The molecule has 0 aromatic heterocycles. The molecule has 0 radical (unpaired) electrons. The third kappa shape index (κ3) is 3.69. The Kier molecular flexibility index (Phi) is 5.30. The lowest BCUT2D eigenvalue weighted by molar-refractivity contribution is 0.0613. The number of fused-ring (bicyclic) bond motifs is 1. The van der Waals surface area contributed by atoms with E-state index >= 15 is 0 Å². The minimum atomic E-state index is 0.682. The summed E-state index contributed by atoms with van der Waals surface area (Å²) in [7, 11) is 0. The molecule has 3 unspecified atom stereocenters. The van der Waals surface area contributed by atoms with E-state index in [-0.39, 0.29) is 0 Å². The van der Waals surface area contributed by atoms with Gasteiger partial charge in [0.2, 0.25) is 0 Å². The maximum atomic E-state index is 3.63. The molecule has 1 saturated carbocycles. The van der Waals surface area contributed by atoms with Gasteiger partial charge in [0.05, 0.1) is 0 Å². The van der Waals surface area contributed by atoms with Gasteiger partial charge in [0.25, 0.3) is 0 Å². The first-order valence-electron chi connectivity index (χ1n) is 7.78. The molecule has 1 N–H and O–H groups in total. The van der Waals surface area contributed by atoms with Crippen molar-refractivity contribution in [2.75, 3.05) is 19.6 Å². The number of hydrogen-bond donors (Lipinski definition) is 1. The summed E-state index contributed by atoms with van der Waals surface area (Å²) in [5, 5.41) is 3.63. The molecule has 0 bridgehead atoms. The van der Waals surface area contributed by atoms with Gasteiger partial charge in [-0.15, -0.1) is 0 Å². The van der Waals surface area contributed by atoms with E-state index in [0.29, 0.717) is 6.04 Å². The molecule has 2 fully saturated rings. The summed E-state index contributed by atoms with van der Waals surface area (Å²) in [5.74, 6) is 1.03. The van der Waals surface area contributed by atoms with Gasteiger partial charge in [-0.25, -0.2) is 0 Å². The fourth-order valence-electron chi connectivity index (χ4n) is 3.60. The monoisotopic (exact) mass is 238 g/mol. The Morgan fingerprint density at radius 1 is 1.18 bits per heavy atom. The molecule has 0 spiro atoms. The Morgan fingerprint density at radius 2 is 1.94 bits per heavy atom. The van der Waals surface area contributed by atoms with Gasteiger partial charge >= 0.3 is 0 Å². The third-order valence-corrected chi connectivity index (χ3v) is 4.86. The molecule has 0 aromatic carbocycles. The van der Waals surface area contributed by atoms with E-state index in [9.17, 15) is 0 Å². The van der Waals surface area contributed by atoms with Gasteiger partial charge in [-0.3, -0.25) is 4.90 Å². The van der Waals surface area contributed by atoms with Crippen LogP contribution < -0.4 is 5.32 Å². The zero-order valence-electron chi connectivity index (χ0n) is 11.8. The highest BCUT2D eigenvalue weighted by molar-refractivity contribution is 4.87. The van der Waals surface area contributed by atoms with Crippen molar-refractivity contribution in [2.24, 2.45) is 5.92 Å². The van der Waals surface area contributed by atoms with E-state index in [0.717, 1.165) is 12.0 Å². The van der Waals surface area contributed by atoms with E-state index in [1.807, 2.05) is 0 Å². The maximum Gasteiger partial charge on any atom is 0.0124 e. The van der Waals surface area contributed by atoms with Crippen LogP contribution in [-0.4, -0.2) is 36.6 Å². The third-order valence-electron chi connectivity index (χ3n) is 4.86. The fourth-order valence-corrected chi connectivity index (χ4v) is 3.60. The lowest BCUT2D eigenvalue weighted by Crippen LogP contribution is -2.49. The number of piperidine rings is 1. The van der Waals surface area contributed by atoms with E-state index < -0.39 is 0 Å². The Morgan fingerprint density at radius 3 is 2.76 bits per heavy atom. The Labute approximate surface area is 107 Å². The first kappa shape index (κ1) is 13.4. The van der Waals surface area contributed by atoms with E-state index in [1.165, 1.54) is 64.6 Å². The first-order valence-corrected chi connectivity index (χ1v) is 7.78. The van der Waals surface area contributed by atoms with Crippen molar-refractivity contribution >= 4 is 0 Å². The van der Waals surface area contributed by atoms with E-state index in [1.54, 1.807) is 0 Å². The summed E-state index contributed by atoms with van der Waals surface area (Å²) in [6.45, 7) is 8.35. The lowest BCUT2D eigenvalue weighted by atomic mass is 9.78. The normalized spacial score (nSPS) is 32.1. The quantitative estimate of drug-likeness (QED) is 0.792. The molecule has 0 aromatic rings. The van der Waals surface area contributed by atoms with Crippen LogP contribution in [0.1, 0.15) is 58.8 Å². The molecule has 3 atom stereocenters. The van der Waals surface area contributed by atoms with Crippen molar-refractivity contribution in [3.05, 3.63) is 0 Å². The van der Waals surface area contributed by atoms with Crippen molar-refractivity contribution in [1.29, 1.82) is 0 Å². The summed E-state index contributed by atoms with van der Waals surface area (Å²) in [4.78, 5) is 2.78. The SMILES string of the molecule is CCC(C)NCCN1CCCC2CCCCC21. The van der Waals surface area contributed by atoms with Crippen LogP contribution in [-0.2, 0) is 0 Å². The molecular formula is C15H30N2. The molecule has 100 valence electrons. The highest BCUT2D eigenvalue weighted by Crippen LogP contribution is 2.34. The Balaban J connectivity index is 1.74. The minimum absolute atomic E-state index is 0.682. The first-order chi connectivity index (χ1) is 8.31. The van der Waals surface area contributed by atoms with Crippen LogP contribution in [0, 0.1) is 5.92 Å². The molecular weight excluding hydrogens is 208 g/mol. The van der Waals surface area contributed by atoms with Crippen molar-refractivity contribution in [3.8, 4) is 0 Å². The molecule has 0 amide bonds. The summed E-state index contributed by atoms with van der Waals surface area (Å²) in [6, 6.07) is 1.61. The molecule has 1 saturated heterocycles. The minimum Gasteiger partial charge on any atom is -0.313 e. The molecule has 17 heavy (non-hydrogen) atoms. The topological polar surface area (TPSA) is 15.3 Å². The summed E-state index contributed by atoms with van der Waals surface area (Å²) >= 11 is 0. The van der Waals surface area contributed by atoms with Gasteiger partial charge in [0.1, 0.15) is 0 Å².